The molecule has 7 atom stereocenters. The molecule has 1 aromatic heterocycles. The molecule has 0 spiro atoms. The monoisotopic (exact) mass is 342 g/mol. The molecule has 5 nitrogen and oxygen atoms in total. The lowest BCUT2D eigenvalue weighted by Gasteiger charge is -2.46. The summed E-state index contributed by atoms with van der Waals surface area (Å²) in [5.41, 5.74) is 1.92. The van der Waals surface area contributed by atoms with Crippen molar-refractivity contribution in [2.45, 2.75) is 51.2 Å². The largest absolute Gasteiger partial charge is 0.472 e. The highest BCUT2D eigenvalue weighted by Crippen LogP contribution is 2.65. The Hall–Kier alpha value is -1.88. The van der Waals surface area contributed by atoms with E-state index >= 15 is 0 Å². The van der Waals surface area contributed by atoms with Gasteiger partial charge in [-0.3, -0.25) is 9.59 Å². The molecule has 2 heterocycles. The fraction of sp³-hybridized carbons (Fsp3) is 0.600. The molecule has 7 unspecified atom stereocenters. The molecule has 132 valence electrons. The number of hydrogen-bond acceptors (Lipinski definition) is 5. The fourth-order valence-corrected chi connectivity index (χ4v) is 6.15. The van der Waals surface area contributed by atoms with Crippen molar-refractivity contribution < 1.29 is 23.8 Å². The second-order valence-corrected chi connectivity index (χ2v) is 8.20. The van der Waals surface area contributed by atoms with Gasteiger partial charge in [-0.2, -0.15) is 0 Å². The van der Waals surface area contributed by atoms with E-state index in [4.69, 9.17) is 9.15 Å². The van der Waals surface area contributed by atoms with Crippen LogP contribution in [-0.2, 0) is 14.3 Å². The van der Waals surface area contributed by atoms with Crippen LogP contribution in [0.3, 0.4) is 0 Å². The Bertz CT molecular complexity index is 791. The van der Waals surface area contributed by atoms with Gasteiger partial charge >= 0.3 is 5.97 Å². The van der Waals surface area contributed by atoms with Gasteiger partial charge in [0.05, 0.1) is 18.6 Å². The van der Waals surface area contributed by atoms with Crippen molar-refractivity contribution in [1.82, 2.24) is 0 Å². The highest BCUT2D eigenvalue weighted by molar-refractivity contribution is 6.09. The molecule has 25 heavy (non-hydrogen) atoms. The number of Topliss-reactive ketones (excluding diaryl/α,β-unsaturated/α-hetero) is 1. The highest BCUT2D eigenvalue weighted by atomic mass is 16.6. The molecule has 4 aliphatic rings. The second kappa shape index (κ2) is 4.85. The maximum atomic E-state index is 13.3. The van der Waals surface area contributed by atoms with Crippen molar-refractivity contribution in [2.75, 3.05) is 0 Å². The Morgan fingerprint density at radius 2 is 2.08 bits per heavy atom. The number of ketones is 1. The summed E-state index contributed by atoms with van der Waals surface area (Å²) in [5, 5.41) is 10.3. The van der Waals surface area contributed by atoms with Crippen LogP contribution < -0.4 is 0 Å². The van der Waals surface area contributed by atoms with Gasteiger partial charge in [-0.1, -0.05) is 19.4 Å². The molecule has 0 aromatic carbocycles. The zero-order valence-electron chi connectivity index (χ0n) is 14.4. The first kappa shape index (κ1) is 15.4. The second-order valence-electron chi connectivity index (χ2n) is 8.20. The normalized spacial score (nSPS) is 45.4. The van der Waals surface area contributed by atoms with E-state index in [0.717, 1.165) is 11.1 Å². The summed E-state index contributed by atoms with van der Waals surface area (Å²) < 4.78 is 11.0. The Kier molecular flexibility index (Phi) is 2.98. The first-order chi connectivity index (χ1) is 12.0. The lowest BCUT2D eigenvalue weighted by molar-refractivity contribution is -0.148. The smallest absolute Gasteiger partial charge is 0.317 e. The fourth-order valence-electron chi connectivity index (χ4n) is 6.15. The Labute approximate surface area is 146 Å². The minimum atomic E-state index is -0.847. The van der Waals surface area contributed by atoms with Gasteiger partial charge in [0.1, 0.15) is 11.5 Å². The number of carbonyl (C=O) groups excluding carboxylic acids is 2. The zero-order valence-corrected chi connectivity index (χ0v) is 14.4. The van der Waals surface area contributed by atoms with Crippen LogP contribution in [-0.4, -0.2) is 29.1 Å². The van der Waals surface area contributed by atoms with Gasteiger partial charge < -0.3 is 14.3 Å². The molecular formula is C20H22O5. The number of aliphatic hydroxyl groups is 1. The Balaban J connectivity index is 1.71. The van der Waals surface area contributed by atoms with Gasteiger partial charge in [0.2, 0.25) is 0 Å². The predicted molar refractivity (Wildman–Crippen MR) is 87.5 cm³/mol. The van der Waals surface area contributed by atoms with E-state index in [9.17, 15) is 14.7 Å². The molecule has 2 bridgehead atoms. The van der Waals surface area contributed by atoms with Crippen LogP contribution >= 0.6 is 0 Å². The Morgan fingerprint density at radius 1 is 1.28 bits per heavy atom. The summed E-state index contributed by atoms with van der Waals surface area (Å²) in [4.78, 5) is 26.2. The number of ether oxygens (including phenoxy) is 1. The van der Waals surface area contributed by atoms with Crippen molar-refractivity contribution in [3.8, 4) is 0 Å². The van der Waals surface area contributed by atoms with E-state index in [2.05, 4.69) is 0 Å². The molecule has 1 saturated heterocycles. The summed E-state index contributed by atoms with van der Waals surface area (Å²) in [6, 6.07) is 1.91. The summed E-state index contributed by atoms with van der Waals surface area (Å²) in [7, 11) is 0. The van der Waals surface area contributed by atoms with Crippen LogP contribution in [0, 0.1) is 23.2 Å². The summed E-state index contributed by atoms with van der Waals surface area (Å²) in [5.74, 6) is -0.533. The van der Waals surface area contributed by atoms with Crippen LogP contribution in [0.4, 0.5) is 0 Å². The number of rotatable bonds is 1. The first-order valence-corrected chi connectivity index (χ1v) is 9.15. The number of carbonyl (C=O) groups is 2. The molecule has 1 aliphatic heterocycles. The van der Waals surface area contributed by atoms with E-state index in [1.807, 2.05) is 19.9 Å². The van der Waals surface area contributed by atoms with Crippen LogP contribution in [0.25, 0.3) is 0 Å². The van der Waals surface area contributed by atoms with Crippen LogP contribution in [0.15, 0.2) is 34.2 Å². The van der Waals surface area contributed by atoms with Crippen LogP contribution in [0.5, 0.6) is 0 Å². The lowest BCUT2D eigenvalue weighted by atomic mass is 9.54. The van der Waals surface area contributed by atoms with Crippen molar-refractivity contribution in [1.29, 1.82) is 0 Å². The van der Waals surface area contributed by atoms with Gasteiger partial charge in [0, 0.05) is 29.7 Å². The van der Waals surface area contributed by atoms with E-state index < -0.39 is 11.5 Å². The number of furan rings is 1. The molecule has 1 aromatic rings. The number of esters is 1. The van der Waals surface area contributed by atoms with E-state index in [1.54, 1.807) is 12.5 Å². The minimum absolute atomic E-state index is 0.0294. The van der Waals surface area contributed by atoms with E-state index in [-0.39, 0.29) is 41.5 Å². The zero-order chi connectivity index (χ0) is 17.5. The maximum Gasteiger partial charge on any atom is 0.317 e. The molecule has 0 amide bonds. The van der Waals surface area contributed by atoms with Crippen molar-refractivity contribution >= 4 is 11.8 Å². The van der Waals surface area contributed by atoms with Crippen molar-refractivity contribution in [2.24, 2.45) is 23.2 Å². The van der Waals surface area contributed by atoms with Gasteiger partial charge in [0.15, 0.2) is 5.78 Å². The SMILES string of the molecule is CC1C(=O)C2=C(CC3OC(=O)C24CCC(O)C(C)C34)C1c1ccoc1. The average molecular weight is 342 g/mol. The molecular weight excluding hydrogens is 320 g/mol. The number of hydrogen-bond donors (Lipinski definition) is 1. The van der Waals surface area contributed by atoms with E-state index in [1.165, 1.54) is 0 Å². The minimum Gasteiger partial charge on any atom is -0.472 e. The first-order valence-electron chi connectivity index (χ1n) is 9.15. The van der Waals surface area contributed by atoms with Crippen LogP contribution in [0.1, 0.15) is 44.6 Å². The number of aliphatic hydroxyl groups excluding tert-OH is 1. The topological polar surface area (TPSA) is 76.7 Å². The molecule has 5 rings (SSSR count). The molecule has 5 heteroatoms. The predicted octanol–water partition coefficient (Wildman–Crippen LogP) is 2.60. The Morgan fingerprint density at radius 3 is 2.80 bits per heavy atom. The van der Waals surface area contributed by atoms with Gasteiger partial charge in [-0.15, -0.1) is 0 Å². The third kappa shape index (κ3) is 1.67. The summed E-state index contributed by atoms with van der Waals surface area (Å²) in [6.45, 7) is 3.93. The summed E-state index contributed by atoms with van der Waals surface area (Å²) in [6.07, 6.45) is 4.30. The lowest BCUT2D eigenvalue weighted by Crippen LogP contribution is -2.51. The standard InChI is InChI=1S/C20H22O5/c1-9-13(21)3-5-20-16(9)14(25-19(20)23)7-12-15(11-4-6-24-8-11)10(2)18(22)17(12)20/h4,6,8-10,13-16,21H,3,5,7H2,1-2H3. The van der Waals surface area contributed by atoms with Crippen molar-refractivity contribution in [3.63, 3.8) is 0 Å². The quantitative estimate of drug-likeness (QED) is 0.794. The molecule has 0 radical (unpaired) electrons. The van der Waals surface area contributed by atoms with Crippen molar-refractivity contribution in [3.05, 3.63) is 35.3 Å². The van der Waals surface area contributed by atoms with Gasteiger partial charge in [-0.25, -0.2) is 0 Å². The highest BCUT2D eigenvalue weighted by Gasteiger charge is 2.69. The third-order valence-electron chi connectivity index (χ3n) is 7.23. The van der Waals surface area contributed by atoms with Gasteiger partial charge in [0.25, 0.3) is 0 Å². The summed E-state index contributed by atoms with van der Waals surface area (Å²) >= 11 is 0. The molecule has 1 saturated carbocycles. The average Bonchev–Trinajstić information content (AvgIpc) is 3.23. The molecule has 1 N–H and O–H groups in total. The van der Waals surface area contributed by atoms with Gasteiger partial charge in [-0.05, 0) is 30.4 Å². The molecule has 2 fully saturated rings. The maximum absolute atomic E-state index is 13.3. The molecule has 3 aliphatic carbocycles. The van der Waals surface area contributed by atoms with Crippen LogP contribution in [0.2, 0.25) is 0 Å². The van der Waals surface area contributed by atoms with E-state index in [0.29, 0.717) is 24.8 Å². The third-order valence-corrected chi connectivity index (χ3v) is 7.23.